The molecule has 0 radical (unpaired) electrons. The van der Waals surface area contributed by atoms with Crippen LogP contribution in [0.25, 0.3) is 0 Å². The van der Waals surface area contributed by atoms with Crippen molar-refractivity contribution < 1.29 is 3.07 Å². The number of nitrogens with zero attached hydrogens (tertiary/aromatic N) is 1. The largest absolute Gasteiger partial charge is 0.408 e. The quantitative estimate of drug-likeness (QED) is 0.729. The Balaban J connectivity index is 2.88. The van der Waals surface area contributed by atoms with E-state index in [1.165, 1.54) is 0 Å². The molecule has 2 nitrogen and oxygen atoms in total. The summed E-state index contributed by atoms with van der Waals surface area (Å²) in [6.45, 7) is 0. The molecule has 4 heteroatoms. The third-order valence-electron chi connectivity index (χ3n) is 0.779. The van der Waals surface area contributed by atoms with Crippen molar-refractivity contribution in [3.8, 4) is 5.88 Å². The van der Waals surface area contributed by atoms with Crippen LogP contribution in [0.15, 0.2) is 18.3 Å². The van der Waals surface area contributed by atoms with Crippen LogP contribution < -0.4 is 3.07 Å². The Labute approximate surface area is 80.8 Å². The van der Waals surface area contributed by atoms with Crippen LogP contribution in [0.3, 0.4) is 0 Å². The molecular formula is C5H3I2NO. The summed E-state index contributed by atoms with van der Waals surface area (Å²) in [7, 11) is 0. The second-order valence-electron chi connectivity index (χ2n) is 1.39. The Morgan fingerprint density at radius 2 is 2.22 bits per heavy atom. The van der Waals surface area contributed by atoms with Crippen molar-refractivity contribution in [3.05, 3.63) is 21.9 Å². The van der Waals surface area contributed by atoms with Gasteiger partial charge in [0.2, 0.25) is 5.88 Å². The van der Waals surface area contributed by atoms with E-state index in [4.69, 9.17) is 3.07 Å². The lowest BCUT2D eigenvalue weighted by Gasteiger charge is -1.92. The van der Waals surface area contributed by atoms with Crippen LogP contribution in [-0.2, 0) is 0 Å². The monoisotopic (exact) mass is 347 g/mol. The second kappa shape index (κ2) is 3.55. The molecule has 0 spiro atoms. The van der Waals surface area contributed by atoms with E-state index in [2.05, 4.69) is 27.6 Å². The molecule has 0 aliphatic heterocycles. The van der Waals surface area contributed by atoms with Gasteiger partial charge in [0.1, 0.15) is 0 Å². The van der Waals surface area contributed by atoms with Gasteiger partial charge in [-0.2, -0.15) is 0 Å². The predicted octanol–water partition coefficient (Wildman–Crippen LogP) is 2.42. The minimum Gasteiger partial charge on any atom is -0.408 e. The molecule has 0 bridgehead atoms. The molecule has 0 aliphatic carbocycles. The molecule has 9 heavy (non-hydrogen) atoms. The molecule has 0 unspecified atom stereocenters. The lowest BCUT2D eigenvalue weighted by Crippen LogP contribution is -1.79. The lowest BCUT2D eigenvalue weighted by atomic mass is 10.5. The highest BCUT2D eigenvalue weighted by molar-refractivity contribution is 14.1. The Kier molecular flexibility index (Phi) is 2.96. The molecule has 1 heterocycles. The fourth-order valence-electron chi connectivity index (χ4n) is 0.408. The highest BCUT2D eigenvalue weighted by Crippen LogP contribution is 2.10. The van der Waals surface area contributed by atoms with Crippen LogP contribution in [0.5, 0.6) is 5.88 Å². The van der Waals surface area contributed by atoms with Crippen molar-refractivity contribution >= 4 is 45.6 Å². The summed E-state index contributed by atoms with van der Waals surface area (Å²) in [4.78, 5) is 3.96. The molecule has 0 aromatic carbocycles. The fraction of sp³-hybridized carbons (Fsp3) is 0. The summed E-state index contributed by atoms with van der Waals surface area (Å²) in [6.07, 6.45) is 1.76. The third kappa shape index (κ3) is 2.24. The average molecular weight is 347 g/mol. The van der Waals surface area contributed by atoms with Gasteiger partial charge in [0.15, 0.2) is 23.0 Å². The van der Waals surface area contributed by atoms with Gasteiger partial charge in [-0.25, -0.2) is 4.98 Å². The molecule has 1 aromatic heterocycles. The first kappa shape index (κ1) is 7.52. The Morgan fingerprint density at radius 1 is 1.44 bits per heavy atom. The highest BCUT2D eigenvalue weighted by atomic mass is 127. The van der Waals surface area contributed by atoms with Gasteiger partial charge in [0.25, 0.3) is 0 Å². The summed E-state index contributed by atoms with van der Waals surface area (Å²) in [6, 6.07) is 3.77. The van der Waals surface area contributed by atoms with Gasteiger partial charge in [-0.15, -0.1) is 0 Å². The molecule has 0 amide bonds. The van der Waals surface area contributed by atoms with Crippen LogP contribution in [0.1, 0.15) is 0 Å². The van der Waals surface area contributed by atoms with Gasteiger partial charge in [0.05, 0.1) is 0 Å². The number of hydrogen-bond donors (Lipinski definition) is 0. The molecule has 0 fully saturated rings. The topological polar surface area (TPSA) is 22.1 Å². The third-order valence-corrected chi connectivity index (χ3v) is 1.87. The predicted molar refractivity (Wildman–Crippen MR) is 51.6 cm³/mol. The van der Waals surface area contributed by atoms with Gasteiger partial charge in [-0.05, 0) is 28.7 Å². The standard InChI is InChI=1S/C5H3I2NO/c6-4-1-2-5(9-7)8-3-4/h1-3H. The van der Waals surface area contributed by atoms with E-state index in [9.17, 15) is 0 Å². The summed E-state index contributed by atoms with van der Waals surface area (Å²) in [5.41, 5.74) is 0. The maximum absolute atomic E-state index is 4.82. The summed E-state index contributed by atoms with van der Waals surface area (Å²) >= 11 is 3.99. The summed E-state index contributed by atoms with van der Waals surface area (Å²) < 4.78 is 5.94. The first-order chi connectivity index (χ1) is 4.33. The van der Waals surface area contributed by atoms with Crippen LogP contribution in [0.4, 0.5) is 0 Å². The molecular weight excluding hydrogens is 344 g/mol. The number of pyridine rings is 1. The van der Waals surface area contributed by atoms with Gasteiger partial charge in [0, 0.05) is 15.8 Å². The highest BCUT2D eigenvalue weighted by Gasteiger charge is 1.89. The minimum absolute atomic E-state index is 0.649. The van der Waals surface area contributed by atoms with Crippen molar-refractivity contribution in [3.63, 3.8) is 0 Å². The number of hydrogen-bond acceptors (Lipinski definition) is 2. The molecule has 0 N–H and O–H groups in total. The Bertz CT molecular complexity index is 187. The number of halogens is 2. The van der Waals surface area contributed by atoms with Gasteiger partial charge in [-0.1, -0.05) is 0 Å². The first-order valence-electron chi connectivity index (χ1n) is 2.23. The second-order valence-corrected chi connectivity index (χ2v) is 3.08. The maximum Gasteiger partial charge on any atom is 0.224 e. The normalized spacial score (nSPS) is 9.11. The molecule has 48 valence electrons. The number of rotatable bonds is 1. The molecule has 1 rings (SSSR count). The zero-order chi connectivity index (χ0) is 6.69. The number of aromatic nitrogens is 1. The van der Waals surface area contributed by atoms with Crippen LogP contribution in [-0.4, -0.2) is 4.98 Å². The zero-order valence-corrected chi connectivity index (χ0v) is 8.66. The van der Waals surface area contributed by atoms with Gasteiger partial charge < -0.3 is 3.07 Å². The Hall–Kier alpha value is 0.410. The van der Waals surface area contributed by atoms with E-state index in [1.807, 2.05) is 12.1 Å². The minimum atomic E-state index is 0.649. The fourth-order valence-corrected chi connectivity index (χ4v) is 0.987. The van der Waals surface area contributed by atoms with Gasteiger partial charge >= 0.3 is 0 Å². The van der Waals surface area contributed by atoms with Crippen molar-refractivity contribution in [1.82, 2.24) is 4.98 Å². The van der Waals surface area contributed by atoms with E-state index in [1.54, 1.807) is 29.2 Å². The van der Waals surface area contributed by atoms with E-state index < -0.39 is 0 Å². The molecule has 0 atom stereocenters. The van der Waals surface area contributed by atoms with Crippen molar-refractivity contribution in [2.45, 2.75) is 0 Å². The van der Waals surface area contributed by atoms with Crippen molar-refractivity contribution in [1.29, 1.82) is 0 Å². The van der Waals surface area contributed by atoms with Crippen LogP contribution >= 0.6 is 45.6 Å². The Morgan fingerprint density at radius 3 is 2.67 bits per heavy atom. The lowest BCUT2D eigenvalue weighted by molar-refractivity contribution is 0.680. The van der Waals surface area contributed by atoms with E-state index >= 15 is 0 Å². The summed E-state index contributed by atoms with van der Waals surface area (Å²) in [5.74, 6) is 0.649. The molecule has 0 saturated carbocycles. The molecule has 0 saturated heterocycles. The first-order valence-corrected chi connectivity index (χ1v) is 4.19. The maximum atomic E-state index is 4.82. The van der Waals surface area contributed by atoms with Gasteiger partial charge in [-0.3, -0.25) is 0 Å². The smallest absolute Gasteiger partial charge is 0.224 e. The van der Waals surface area contributed by atoms with E-state index in [-0.39, 0.29) is 0 Å². The zero-order valence-electron chi connectivity index (χ0n) is 4.34. The summed E-state index contributed by atoms with van der Waals surface area (Å²) in [5, 5.41) is 0. The van der Waals surface area contributed by atoms with Crippen molar-refractivity contribution in [2.24, 2.45) is 0 Å². The molecule has 0 aliphatic rings. The van der Waals surface area contributed by atoms with E-state index in [0.29, 0.717) is 5.88 Å². The van der Waals surface area contributed by atoms with Crippen LogP contribution in [0.2, 0.25) is 0 Å². The van der Waals surface area contributed by atoms with E-state index in [0.717, 1.165) is 3.57 Å². The van der Waals surface area contributed by atoms with Crippen LogP contribution in [0, 0.1) is 3.57 Å². The SMILES string of the molecule is IOc1ccc(I)cn1. The van der Waals surface area contributed by atoms with Crippen molar-refractivity contribution in [2.75, 3.05) is 0 Å². The molecule has 1 aromatic rings. The average Bonchev–Trinajstić information content (AvgIpc) is 1.90.